The average Bonchev–Trinajstić information content (AvgIpc) is 2.43. The molecule has 3 nitrogen and oxygen atoms in total. The molecule has 0 aliphatic carbocycles. The lowest BCUT2D eigenvalue weighted by molar-refractivity contribution is -0.114. The van der Waals surface area contributed by atoms with E-state index >= 15 is 0 Å². The van der Waals surface area contributed by atoms with E-state index in [2.05, 4.69) is 10.6 Å². The first-order valence-electron chi connectivity index (χ1n) is 6.84. The highest BCUT2D eigenvalue weighted by atomic mass is 35.5. The zero-order chi connectivity index (χ0) is 15.4. The predicted octanol–water partition coefficient (Wildman–Crippen LogP) is 4.32. The zero-order valence-corrected chi connectivity index (χ0v) is 13.2. The molecule has 1 amide bonds. The molecule has 2 aromatic carbocycles. The van der Waals surface area contributed by atoms with Gasteiger partial charge >= 0.3 is 0 Å². The number of benzene rings is 2. The van der Waals surface area contributed by atoms with Crippen molar-refractivity contribution in [3.8, 4) is 0 Å². The number of carbonyl (C=O) groups is 1. The number of rotatable bonds is 4. The molecule has 2 N–H and O–H groups in total. The van der Waals surface area contributed by atoms with E-state index in [1.165, 1.54) is 0 Å². The fraction of sp³-hybridized carbons (Fsp3) is 0.235. The van der Waals surface area contributed by atoms with Crippen LogP contribution in [0.4, 0.5) is 11.4 Å². The first kappa shape index (κ1) is 15.4. The smallest absolute Gasteiger partial charge is 0.243 e. The van der Waals surface area contributed by atoms with Gasteiger partial charge in [-0.25, -0.2) is 0 Å². The fourth-order valence-electron chi connectivity index (χ4n) is 2.20. The number of hydrogen-bond acceptors (Lipinski definition) is 2. The summed E-state index contributed by atoms with van der Waals surface area (Å²) in [4.78, 5) is 12.1. The summed E-state index contributed by atoms with van der Waals surface area (Å²) < 4.78 is 0. The molecule has 4 heteroatoms. The number of nitrogens with one attached hydrogen (secondary N) is 2. The minimum absolute atomic E-state index is 0.0944. The van der Waals surface area contributed by atoms with Crippen LogP contribution < -0.4 is 10.6 Å². The molecule has 0 heterocycles. The summed E-state index contributed by atoms with van der Waals surface area (Å²) in [6.45, 7) is 6.15. The van der Waals surface area contributed by atoms with Crippen molar-refractivity contribution in [2.45, 2.75) is 20.8 Å². The van der Waals surface area contributed by atoms with Gasteiger partial charge in [-0.05, 0) is 49.6 Å². The largest absolute Gasteiger partial charge is 0.376 e. The van der Waals surface area contributed by atoms with Crippen LogP contribution >= 0.6 is 11.6 Å². The third-order valence-corrected chi connectivity index (χ3v) is 3.86. The summed E-state index contributed by atoms with van der Waals surface area (Å²) >= 11 is 6.04. The molecule has 2 rings (SSSR count). The third-order valence-electron chi connectivity index (χ3n) is 3.45. The van der Waals surface area contributed by atoms with E-state index in [4.69, 9.17) is 11.6 Å². The van der Waals surface area contributed by atoms with Crippen LogP contribution in [0.15, 0.2) is 36.4 Å². The van der Waals surface area contributed by atoms with Crippen LogP contribution in [0.5, 0.6) is 0 Å². The minimum atomic E-state index is -0.0944. The van der Waals surface area contributed by atoms with E-state index in [1.54, 1.807) is 0 Å². The van der Waals surface area contributed by atoms with Crippen molar-refractivity contribution < 1.29 is 4.79 Å². The monoisotopic (exact) mass is 302 g/mol. The van der Waals surface area contributed by atoms with E-state index in [-0.39, 0.29) is 12.5 Å². The van der Waals surface area contributed by atoms with Gasteiger partial charge < -0.3 is 10.6 Å². The molecule has 0 aromatic heterocycles. The Kier molecular flexibility index (Phi) is 4.86. The molecule has 0 unspecified atom stereocenters. The van der Waals surface area contributed by atoms with Gasteiger partial charge in [0.1, 0.15) is 0 Å². The molecule has 2 aromatic rings. The third kappa shape index (κ3) is 3.76. The van der Waals surface area contributed by atoms with E-state index in [0.717, 1.165) is 28.1 Å². The molecule has 0 saturated carbocycles. The standard InChI is InChI=1S/C17H19ClN2O/c1-11-6-4-7-12(2)17(11)19-10-16(21)20-15-9-5-8-14(18)13(15)3/h4-9,19H,10H2,1-3H3,(H,20,21). The molecule has 0 bridgehead atoms. The van der Waals surface area contributed by atoms with Crippen LogP contribution in [-0.2, 0) is 4.79 Å². The number of aryl methyl sites for hydroxylation is 2. The van der Waals surface area contributed by atoms with Gasteiger partial charge in [-0.2, -0.15) is 0 Å². The molecular weight excluding hydrogens is 284 g/mol. The van der Waals surface area contributed by atoms with E-state index in [1.807, 2.05) is 57.2 Å². The Morgan fingerprint density at radius 2 is 1.67 bits per heavy atom. The molecule has 21 heavy (non-hydrogen) atoms. The van der Waals surface area contributed by atoms with Gasteiger partial charge in [0.2, 0.25) is 5.91 Å². The van der Waals surface area contributed by atoms with Crippen LogP contribution in [0.1, 0.15) is 16.7 Å². The second-order valence-electron chi connectivity index (χ2n) is 5.08. The second kappa shape index (κ2) is 6.64. The van der Waals surface area contributed by atoms with Crippen LogP contribution in [0.2, 0.25) is 5.02 Å². The Morgan fingerprint density at radius 3 is 2.33 bits per heavy atom. The Labute approximate surface area is 130 Å². The van der Waals surface area contributed by atoms with Gasteiger partial charge in [0, 0.05) is 16.4 Å². The summed E-state index contributed by atoms with van der Waals surface area (Å²) in [5.74, 6) is -0.0944. The quantitative estimate of drug-likeness (QED) is 0.883. The van der Waals surface area contributed by atoms with Crippen molar-refractivity contribution >= 4 is 28.9 Å². The topological polar surface area (TPSA) is 41.1 Å². The molecule has 0 spiro atoms. The van der Waals surface area contributed by atoms with Crippen molar-refractivity contribution in [1.29, 1.82) is 0 Å². The zero-order valence-electron chi connectivity index (χ0n) is 12.5. The minimum Gasteiger partial charge on any atom is -0.376 e. The highest BCUT2D eigenvalue weighted by Gasteiger charge is 2.08. The summed E-state index contributed by atoms with van der Waals surface area (Å²) in [6.07, 6.45) is 0. The molecule has 0 atom stereocenters. The molecule has 0 fully saturated rings. The van der Waals surface area contributed by atoms with Crippen LogP contribution in [-0.4, -0.2) is 12.5 Å². The summed E-state index contributed by atoms with van der Waals surface area (Å²) in [5.41, 5.74) is 4.88. The Morgan fingerprint density at radius 1 is 1.05 bits per heavy atom. The molecule has 0 saturated heterocycles. The van der Waals surface area contributed by atoms with Crippen LogP contribution in [0.25, 0.3) is 0 Å². The van der Waals surface area contributed by atoms with Crippen molar-refractivity contribution in [2.24, 2.45) is 0 Å². The van der Waals surface area contributed by atoms with E-state index in [0.29, 0.717) is 5.02 Å². The lowest BCUT2D eigenvalue weighted by Crippen LogP contribution is -2.22. The van der Waals surface area contributed by atoms with E-state index in [9.17, 15) is 4.79 Å². The highest BCUT2D eigenvalue weighted by molar-refractivity contribution is 6.31. The van der Waals surface area contributed by atoms with E-state index < -0.39 is 0 Å². The Bertz CT molecular complexity index is 648. The molecule has 110 valence electrons. The van der Waals surface area contributed by atoms with Crippen molar-refractivity contribution in [3.05, 3.63) is 58.1 Å². The normalized spacial score (nSPS) is 10.3. The highest BCUT2D eigenvalue weighted by Crippen LogP contribution is 2.23. The van der Waals surface area contributed by atoms with Gasteiger partial charge in [-0.15, -0.1) is 0 Å². The first-order valence-corrected chi connectivity index (χ1v) is 7.22. The molecule has 0 aliphatic heterocycles. The number of anilines is 2. The Hall–Kier alpha value is -2.00. The Balaban J connectivity index is 2.01. The molecule has 0 radical (unpaired) electrons. The number of carbonyl (C=O) groups excluding carboxylic acids is 1. The van der Waals surface area contributed by atoms with Gasteiger partial charge in [0.25, 0.3) is 0 Å². The summed E-state index contributed by atoms with van der Waals surface area (Å²) in [5, 5.41) is 6.71. The summed E-state index contributed by atoms with van der Waals surface area (Å²) in [7, 11) is 0. The van der Waals surface area contributed by atoms with Gasteiger partial charge in [0.05, 0.1) is 6.54 Å². The maximum atomic E-state index is 12.1. The second-order valence-corrected chi connectivity index (χ2v) is 5.49. The van der Waals surface area contributed by atoms with Crippen molar-refractivity contribution in [1.82, 2.24) is 0 Å². The SMILES string of the molecule is Cc1cccc(C)c1NCC(=O)Nc1cccc(Cl)c1C. The number of amides is 1. The molecular formula is C17H19ClN2O. The average molecular weight is 303 g/mol. The van der Waals surface area contributed by atoms with Crippen molar-refractivity contribution in [2.75, 3.05) is 17.2 Å². The number of halogens is 1. The number of hydrogen-bond donors (Lipinski definition) is 2. The van der Waals surface area contributed by atoms with Gasteiger partial charge in [-0.1, -0.05) is 35.9 Å². The van der Waals surface area contributed by atoms with Gasteiger partial charge in [-0.3, -0.25) is 4.79 Å². The lowest BCUT2D eigenvalue weighted by atomic mass is 10.1. The van der Waals surface area contributed by atoms with Crippen LogP contribution in [0, 0.1) is 20.8 Å². The molecule has 0 aliphatic rings. The maximum Gasteiger partial charge on any atom is 0.243 e. The van der Waals surface area contributed by atoms with Crippen molar-refractivity contribution in [3.63, 3.8) is 0 Å². The number of para-hydroxylation sites is 1. The summed E-state index contributed by atoms with van der Waals surface area (Å²) in [6, 6.07) is 11.5. The maximum absolute atomic E-state index is 12.1. The lowest BCUT2D eigenvalue weighted by Gasteiger charge is -2.13. The fourth-order valence-corrected chi connectivity index (χ4v) is 2.37. The van der Waals surface area contributed by atoms with Crippen LogP contribution in [0.3, 0.4) is 0 Å². The van der Waals surface area contributed by atoms with Gasteiger partial charge in [0.15, 0.2) is 0 Å². The first-order chi connectivity index (χ1) is 9.99. The predicted molar refractivity (Wildman–Crippen MR) is 89.2 cm³/mol.